The van der Waals surface area contributed by atoms with E-state index in [2.05, 4.69) is 5.32 Å². The predicted molar refractivity (Wildman–Crippen MR) is 68.8 cm³/mol. The maximum absolute atomic E-state index is 12.4. The molecular formula is C14H18F3NO2. The number of nitrogens with one attached hydrogen (secondary N) is 1. The summed E-state index contributed by atoms with van der Waals surface area (Å²) in [6, 6.07) is 5.19. The van der Waals surface area contributed by atoms with Gasteiger partial charge in [-0.05, 0) is 37.1 Å². The van der Waals surface area contributed by atoms with Crippen LogP contribution >= 0.6 is 0 Å². The summed E-state index contributed by atoms with van der Waals surface area (Å²) < 4.78 is 47.8. The van der Waals surface area contributed by atoms with Crippen molar-refractivity contribution in [3.8, 4) is 5.75 Å². The third kappa shape index (κ3) is 4.68. The van der Waals surface area contributed by atoms with Crippen molar-refractivity contribution in [3.63, 3.8) is 0 Å². The number of halogens is 3. The van der Waals surface area contributed by atoms with Crippen LogP contribution in [0.2, 0.25) is 0 Å². The molecule has 0 saturated carbocycles. The SMILES string of the molecule is FC(F)(F)c1ccc(OCCNC2CCOCC2)cc1. The predicted octanol–water partition coefficient (Wildman–Crippen LogP) is 2.85. The second-order valence-corrected chi connectivity index (χ2v) is 4.71. The highest BCUT2D eigenvalue weighted by molar-refractivity contribution is 5.28. The van der Waals surface area contributed by atoms with Gasteiger partial charge in [0.05, 0.1) is 5.56 Å². The Balaban J connectivity index is 1.68. The van der Waals surface area contributed by atoms with Gasteiger partial charge in [-0.25, -0.2) is 0 Å². The third-order valence-corrected chi connectivity index (χ3v) is 3.21. The van der Waals surface area contributed by atoms with Crippen LogP contribution in [0.4, 0.5) is 13.2 Å². The molecule has 1 aromatic carbocycles. The molecule has 1 saturated heterocycles. The number of benzene rings is 1. The fourth-order valence-corrected chi connectivity index (χ4v) is 2.07. The minimum absolute atomic E-state index is 0.433. The summed E-state index contributed by atoms with van der Waals surface area (Å²) in [6.45, 7) is 2.66. The van der Waals surface area contributed by atoms with Crippen molar-refractivity contribution in [1.82, 2.24) is 5.32 Å². The normalized spacial score (nSPS) is 17.1. The molecule has 1 aliphatic heterocycles. The number of rotatable bonds is 5. The first-order valence-corrected chi connectivity index (χ1v) is 6.67. The molecule has 0 atom stereocenters. The molecule has 0 unspecified atom stereocenters. The van der Waals surface area contributed by atoms with Gasteiger partial charge in [-0.3, -0.25) is 0 Å². The number of alkyl halides is 3. The lowest BCUT2D eigenvalue weighted by Crippen LogP contribution is -2.37. The molecule has 1 heterocycles. The van der Waals surface area contributed by atoms with Gasteiger partial charge in [-0.1, -0.05) is 0 Å². The first-order valence-electron chi connectivity index (χ1n) is 6.67. The molecule has 0 radical (unpaired) electrons. The van der Waals surface area contributed by atoms with Crippen LogP contribution in [0.25, 0.3) is 0 Å². The Hall–Kier alpha value is -1.27. The second-order valence-electron chi connectivity index (χ2n) is 4.71. The van der Waals surface area contributed by atoms with Crippen molar-refractivity contribution in [2.75, 3.05) is 26.4 Å². The molecule has 0 amide bonds. The molecule has 112 valence electrons. The maximum Gasteiger partial charge on any atom is 0.416 e. The van der Waals surface area contributed by atoms with Crippen LogP contribution < -0.4 is 10.1 Å². The minimum atomic E-state index is -4.30. The first-order chi connectivity index (χ1) is 9.55. The second kappa shape index (κ2) is 6.95. The summed E-state index contributed by atoms with van der Waals surface area (Å²) in [5.74, 6) is 0.451. The summed E-state index contributed by atoms with van der Waals surface area (Å²) in [6.07, 6.45) is -2.33. The average Bonchev–Trinajstić information content (AvgIpc) is 2.44. The highest BCUT2D eigenvalue weighted by atomic mass is 19.4. The van der Waals surface area contributed by atoms with Crippen molar-refractivity contribution in [3.05, 3.63) is 29.8 Å². The van der Waals surface area contributed by atoms with Crippen molar-refractivity contribution < 1.29 is 22.6 Å². The maximum atomic E-state index is 12.4. The van der Waals surface area contributed by atoms with Gasteiger partial charge in [0.15, 0.2) is 0 Å². The zero-order valence-electron chi connectivity index (χ0n) is 11.1. The van der Waals surface area contributed by atoms with Gasteiger partial charge in [0.2, 0.25) is 0 Å². The Labute approximate surface area is 116 Å². The summed E-state index contributed by atoms with van der Waals surface area (Å²) in [7, 11) is 0. The summed E-state index contributed by atoms with van der Waals surface area (Å²) in [5.41, 5.74) is -0.662. The molecule has 1 N–H and O–H groups in total. The smallest absolute Gasteiger partial charge is 0.416 e. The van der Waals surface area contributed by atoms with E-state index >= 15 is 0 Å². The van der Waals surface area contributed by atoms with Crippen LogP contribution in [0.5, 0.6) is 5.75 Å². The Morgan fingerprint density at radius 1 is 1.15 bits per heavy atom. The molecule has 0 bridgehead atoms. The Morgan fingerprint density at radius 2 is 1.80 bits per heavy atom. The van der Waals surface area contributed by atoms with E-state index in [9.17, 15) is 13.2 Å². The van der Waals surface area contributed by atoms with Crippen LogP contribution in [0.3, 0.4) is 0 Å². The van der Waals surface area contributed by atoms with Gasteiger partial charge in [0, 0.05) is 25.8 Å². The molecule has 0 spiro atoms. The molecule has 2 rings (SSSR count). The molecule has 1 aromatic rings. The molecule has 20 heavy (non-hydrogen) atoms. The number of hydrogen-bond donors (Lipinski definition) is 1. The highest BCUT2D eigenvalue weighted by Crippen LogP contribution is 2.30. The fourth-order valence-electron chi connectivity index (χ4n) is 2.07. The van der Waals surface area contributed by atoms with Crippen LogP contribution in [0.15, 0.2) is 24.3 Å². The Kier molecular flexibility index (Phi) is 5.25. The summed E-state index contributed by atoms with van der Waals surface area (Å²) >= 11 is 0. The molecule has 3 nitrogen and oxygen atoms in total. The zero-order chi connectivity index (χ0) is 14.4. The molecule has 1 fully saturated rings. The molecular weight excluding hydrogens is 271 g/mol. The van der Waals surface area contributed by atoms with E-state index in [1.54, 1.807) is 0 Å². The van der Waals surface area contributed by atoms with E-state index in [0.29, 0.717) is 24.9 Å². The third-order valence-electron chi connectivity index (χ3n) is 3.21. The standard InChI is InChI=1S/C14H18F3NO2/c15-14(16,17)11-1-3-13(4-2-11)20-10-7-18-12-5-8-19-9-6-12/h1-4,12,18H,5-10H2. The molecule has 0 aliphatic carbocycles. The van der Waals surface area contributed by atoms with Crippen molar-refractivity contribution >= 4 is 0 Å². The number of ether oxygens (including phenoxy) is 2. The van der Waals surface area contributed by atoms with Crippen LogP contribution in [-0.2, 0) is 10.9 Å². The van der Waals surface area contributed by atoms with Gasteiger partial charge in [0.1, 0.15) is 12.4 Å². The van der Waals surface area contributed by atoms with Gasteiger partial charge in [-0.15, -0.1) is 0 Å². The molecule has 0 aromatic heterocycles. The Bertz CT molecular complexity index is 400. The van der Waals surface area contributed by atoms with E-state index < -0.39 is 11.7 Å². The van der Waals surface area contributed by atoms with Crippen molar-refractivity contribution in [1.29, 1.82) is 0 Å². The van der Waals surface area contributed by atoms with E-state index in [1.807, 2.05) is 0 Å². The van der Waals surface area contributed by atoms with E-state index in [4.69, 9.17) is 9.47 Å². The van der Waals surface area contributed by atoms with Gasteiger partial charge in [-0.2, -0.15) is 13.2 Å². The van der Waals surface area contributed by atoms with Crippen LogP contribution in [-0.4, -0.2) is 32.4 Å². The van der Waals surface area contributed by atoms with Gasteiger partial charge < -0.3 is 14.8 Å². The summed E-state index contributed by atoms with van der Waals surface area (Å²) in [5, 5.41) is 3.34. The van der Waals surface area contributed by atoms with E-state index in [1.165, 1.54) is 12.1 Å². The lowest BCUT2D eigenvalue weighted by atomic mass is 10.1. The van der Waals surface area contributed by atoms with Crippen LogP contribution in [0, 0.1) is 0 Å². The lowest BCUT2D eigenvalue weighted by Gasteiger charge is -2.23. The van der Waals surface area contributed by atoms with Crippen molar-refractivity contribution in [2.24, 2.45) is 0 Å². The van der Waals surface area contributed by atoms with Crippen molar-refractivity contribution in [2.45, 2.75) is 25.1 Å². The largest absolute Gasteiger partial charge is 0.492 e. The van der Waals surface area contributed by atoms with E-state index in [0.717, 1.165) is 38.2 Å². The fraction of sp³-hybridized carbons (Fsp3) is 0.571. The van der Waals surface area contributed by atoms with Gasteiger partial charge >= 0.3 is 6.18 Å². The Morgan fingerprint density at radius 3 is 2.40 bits per heavy atom. The minimum Gasteiger partial charge on any atom is -0.492 e. The highest BCUT2D eigenvalue weighted by Gasteiger charge is 2.29. The zero-order valence-corrected chi connectivity index (χ0v) is 11.1. The number of hydrogen-bond acceptors (Lipinski definition) is 3. The monoisotopic (exact) mass is 289 g/mol. The van der Waals surface area contributed by atoms with Gasteiger partial charge in [0.25, 0.3) is 0 Å². The van der Waals surface area contributed by atoms with E-state index in [-0.39, 0.29) is 0 Å². The molecule has 1 aliphatic rings. The average molecular weight is 289 g/mol. The quantitative estimate of drug-likeness (QED) is 0.846. The first kappa shape index (κ1) is 15.1. The van der Waals surface area contributed by atoms with Crippen LogP contribution in [0.1, 0.15) is 18.4 Å². The summed E-state index contributed by atoms with van der Waals surface area (Å²) in [4.78, 5) is 0. The topological polar surface area (TPSA) is 30.5 Å². The molecule has 6 heteroatoms. The lowest BCUT2D eigenvalue weighted by molar-refractivity contribution is -0.137.